The number of urea groups is 1. The highest BCUT2D eigenvalue weighted by atomic mass is 16.5. The topological polar surface area (TPSA) is 70.7 Å². The van der Waals surface area contributed by atoms with Gasteiger partial charge in [0.25, 0.3) is 5.91 Å². The summed E-state index contributed by atoms with van der Waals surface area (Å²) in [5.41, 5.74) is 2.30. The van der Waals surface area contributed by atoms with Gasteiger partial charge >= 0.3 is 6.03 Å². The van der Waals surface area contributed by atoms with E-state index in [1.807, 2.05) is 29.2 Å². The van der Waals surface area contributed by atoms with Crippen molar-refractivity contribution in [1.29, 1.82) is 0 Å². The highest BCUT2D eigenvalue weighted by molar-refractivity contribution is 5.95. The van der Waals surface area contributed by atoms with E-state index >= 15 is 0 Å². The van der Waals surface area contributed by atoms with Crippen LogP contribution in [0.3, 0.4) is 0 Å². The summed E-state index contributed by atoms with van der Waals surface area (Å²) in [6.45, 7) is 0.712. The van der Waals surface area contributed by atoms with E-state index in [9.17, 15) is 9.59 Å². The molecule has 0 saturated carbocycles. The van der Waals surface area contributed by atoms with Gasteiger partial charge in [-0.15, -0.1) is 0 Å². The van der Waals surface area contributed by atoms with Crippen LogP contribution in [0, 0.1) is 0 Å². The summed E-state index contributed by atoms with van der Waals surface area (Å²) in [6.07, 6.45) is 1.89. The van der Waals surface area contributed by atoms with Crippen LogP contribution in [0.15, 0.2) is 48.5 Å². The van der Waals surface area contributed by atoms with Gasteiger partial charge in [0.15, 0.2) is 0 Å². The van der Waals surface area contributed by atoms with Crippen molar-refractivity contribution in [3.63, 3.8) is 0 Å². The molecule has 1 saturated heterocycles. The summed E-state index contributed by atoms with van der Waals surface area (Å²) in [5.74, 6) is 0.639. The summed E-state index contributed by atoms with van der Waals surface area (Å²) in [7, 11) is 3.23. The molecule has 1 atom stereocenters. The Morgan fingerprint density at radius 3 is 2.62 bits per heavy atom. The molecular weight excluding hydrogens is 330 g/mol. The van der Waals surface area contributed by atoms with Crippen LogP contribution < -0.4 is 15.4 Å². The SMILES string of the molecule is CNC(=O)c1ccc(NC(=O)N2CCC[C@@H]2c2cccc(OC)c2)cc1. The highest BCUT2D eigenvalue weighted by Gasteiger charge is 2.30. The summed E-state index contributed by atoms with van der Waals surface area (Å²) in [5, 5.41) is 5.50. The number of amides is 3. The zero-order valence-electron chi connectivity index (χ0n) is 15.0. The number of hydrogen-bond acceptors (Lipinski definition) is 3. The van der Waals surface area contributed by atoms with Gasteiger partial charge in [-0.05, 0) is 54.8 Å². The van der Waals surface area contributed by atoms with Crippen molar-refractivity contribution in [2.45, 2.75) is 18.9 Å². The number of anilines is 1. The monoisotopic (exact) mass is 353 g/mol. The normalized spacial score (nSPS) is 16.2. The maximum atomic E-state index is 12.7. The number of carbonyl (C=O) groups is 2. The zero-order chi connectivity index (χ0) is 18.5. The largest absolute Gasteiger partial charge is 0.497 e. The number of methoxy groups -OCH3 is 1. The van der Waals surface area contributed by atoms with E-state index in [0.717, 1.165) is 24.2 Å². The number of rotatable bonds is 4. The fourth-order valence-electron chi connectivity index (χ4n) is 3.25. The molecule has 2 aromatic rings. The molecule has 1 fully saturated rings. The molecular formula is C20H23N3O3. The van der Waals surface area contributed by atoms with Gasteiger partial charge in [-0.25, -0.2) is 4.79 Å². The molecule has 0 aliphatic carbocycles. The lowest BCUT2D eigenvalue weighted by Crippen LogP contribution is -2.34. The van der Waals surface area contributed by atoms with Crippen molar-refractivity contribution in [1.82, 2.24) is 10.2 Å². The van der Waals surface area contributed by atoms with Crippen molar-refractivity contribution >= 4 is 17.6 Å². The molecule has 6 nitrogen and oxygen atoms in total. The maximum Gasteiger partial charge on any atom is 0.322 e. The third kappa shape index (κ3) is 3.79. The molecule has 0 spiro atoms. The van der Waals surface area contributed by atoms with E-state index in [2.05, 4.69) is 10.6 Å². The van der Waals surface area contributed by atoms with E-state index in [4.69, 9.17) is 4.74 Å². The van der Waals surface area contributed by atoms with E-state index in [1.54, 1.807) is 38.4 Å². The quantitative estimate of drug-likeness (QED) is 0.885. The average Bonchev–Trinajstić information content (AvgIpc) is 3.18. The Morgan fingerprint density at radius 2 is 1.92 bits per heavy atom. The third-order valence-electron chi connectivity index (χ3n) is 4.62. The van der Waals surface area contributed by atoms with Crippen LogP contribution in [0.2, 0.25) is 0 Å². The Hall–Kier alpha value is -3.02. The molecule has 0 unspecified atom stereocenters. The van der Waals surface area contributed by atoms with Crippen LogP contribution in [0.1, 0.15) is 34.8 Å². The lowest BCUT2D eigenvalue weighted by atomic mass is 10.0. The van der Waals surface area contributed by atoms with Crippen LogP contribution in [0.4, 0.5) is 10.5 Å². The maximum absolute atomic E-state index is 12.7. The van der Waals surface area contributed by atoms with E-state index in [1.165, 1.54) is 0 Å². The van der Waals surface area contributed by atoms with Gasteiger partial charge in [-0.2, -0.15) is 0 Å². The van der Waals surface area contributed by atoms with Crippen molar-refractivity contribution in [2.75, 3.05) is 26.0 Å². The van der Waals surface area contributed by atoms with Crippen LogP contribution in [-0.2, 0) is 0 Å². The first kappa shape index (κ1) is 17.8. The number of nitrogens with zero attached hydrogens (tertiary/aromatic N) is 1. The number of nitrogens with one attached hydrogen (secondary N) is 2. The smallest absolute Gasteiger partial charge is 0.322 e. The standard InChI is InChI=1S/C20H23N3O3/c1-21-19(24)14-8-10-16(11-9-14)22-20(25)23-12-4-7-18(23)15-5-3-6-17(13-15)26-2/h3,5-6,8-11,13,18H,4,7,12H2,1-2H3,(H,21,24)(H,22,25)/t18-/m1/s1. The molecule has 0 radical (unpaired) electrons. The Bertz CT molecular complexity index is 789. The summed E-state index contributed by atoms with van der Waals surface area (Å²) >= 11 is 0. The van der Waals surface area contributed by atoms with Crippen molar-refractivity contribution < 1.29 is 14.3 Å². The predicted molar refractivity (Wildman–Crippen MR) is 101 cm³/mol. The molecule has 0 aromatic heterocycles. The van der Waals surface area contributed by atoms with Gasteiger partial charge < -0.3 is 20.3 Å². The van der Waals surface area contributed by atoms with Gasteiger partial charge in [-0.1, -0.05) is 12.1 Å². The molecule has 1 aliphatic rings. The number of ether oxygens (including phenoxy) is 1. The number of likely N-dealkylation sites (tertiary alicyclic amines) is 1. The summed E-state index contributed by atoms with van der Waals surface area (Å²) in [6, 6.07) is 14.6. The number of benzene rings is 2. The third-order valence-corrected chi connectivity index (χ3v) is 4.62. The summed E-state index contributed by atoms with van der Waals surface area (Å²) < 4.78 is 5.29. The Kier molecular flexibility index (Phi) is 5.41. The van der Waals surface area contributed by atoms with Crippen molar-refractivity contribution in [3.05, 3.63) is 59.7 Å². The molecule has 2 aromatic carbocycles. The first-order chi connectivity index (χ1) is 12.6. The lowest BCUT2D eigenvalue weighted by Gasteiger charge is -2.25. The highest BCUT2D eigenvalue weighted by Crippen LogP contribution is 2.33. The Balaban J connectivity index is 1.71. The minimum atomic E-state index is -0.152. The van der Waals surface area contributed by atoms with Crippen LogP contribution in [0.25, 0.3) is 0 Å². The van der Waals surface area contributed by atoms with Crippen LogP contribution in [0.5, 0.6) is 5.75 Å². The summed E-state index contributed by atoms with van der Waals surface area (Å²) in [4.78, 5) is 26.2. The lowest BCUT2D eigenvalue weighted by molar-refractivity contribution is 0.0963. The van der Waals surface area contributed by atoms with Crippen molar-refractivity contribution in [3.8, 4) is 5.75 Å². The first-order valence-corrected chi connectivity index (χ1v) is 8.66. The second-order valence-electron chi connectivity index (χ2n) is 6.21. The molecule has 1 heterocycles. The first-order valence-electron chi connectivity index (χ1n) is 8.66. The number of hydrogen-bond donors (Lipinski definition) is 2. The second kappa shape index (κ2) is 7.91. The predicted octanol–water partition coefficient (Wildman–Crippen LogP) is 3.42. The molecule has 0 bridgehead atoms. The fourth-order valence-corrected chi connectivity index (χ4v) is 3.25. The molecule has 1 aliphatic heterocycles. The number of carbonyl (C=O) groups excluding carboxylic acids is 2. The molecule has 136 valence electrons. The molecule has 3 amide bonds. The van der Waals surface area contributed by atoms with Gasteiger partial charge in [0, 0.05) is 24.8 Å². The van der Waals surface area contributed by atoms with Gasteiger partial charge in [0.1, 0.15) is 5.75 Å². The fraction of sp³-hybridized carbons (Fsp3) is 0.300. The Morgan fingerprint density at radius 1 is 1.15 bits per heavy atom. The second-order valence-corrected chi connectivity index (χ2v) is 6.21. The minimum absolute atomic E-state index is 0.0373. The molecule has 6 heteroatoms. The Labute approximate surface area is 153 Å². The minimum Gasteiger partial charge on any atom is -0.497 e. The van der Waals surface area contributed by atoms with Gasteiger partial charge in [0.05, 0.1) is 13.2 Å². The van der Waals surface area contributed by atoms with E-state index in [-0.39, 0.29) is 18.0 Å². The van der Waals surface area contributed by atoms with Gasteiger partial charge in [-0.3, -0.25) is 4.79 Å². The van der Waals surface area contributed by atoms with Crippen molar-refractivity contribution in [2.24, 2.45) is 0 Å². The van der Waals surface area contributed by atoms with Crippen LogP contribution in [-0.4, -0.2) is 37.5 Å². The average molecular weight is 353 g/mol. The molecule has 26 heavy (non-hydrogen) atoms. The molecule has 3 rings (SSSR count). The molecule has 2 N–H and O–H groups in total. The zero-order valence-corrected chi connectivity index (χ0v) is 15.0. The van der Waals surface area contributed by atoms with E-state index in [0.29, 0.717) is 17.8 Å². The van der Waals surface area contributed by atoms with Crippen LogP contribution >= 0.6 is 0 Å². The van der Waals surface area contributed by atoms with E-state index < -0.39 is 0 Å². The van der Waals surface area contributed by atoms with Gasteiger partial charge in [0.2, 0.25) is 0 Å².